The van der Waals surface area contributed by atoms with Gasteiger partial charge in [0.2, 0.25) is 0 Å². The van der Waals surface area contributed by atoms with E-state index >= 15 is 0 Å². The maximum atomic E-state index is 12.7. The fourth-order valence-corrected chi connectivity index (χ4v) is 0.916. The molecule has 0 fully saturated rings. The standard InChI is InChI=1S/C8H7F2N3/c1-5(12-13-11)6-2-3-7(9)8(10)4-6/h2-5H,1H3/t5-/m0/s1. The number of hydrogen-bond acceptors (Lipinski definition) is 1. The van der Waals surface area contributed by atoms with E-state index in [0.29, 0.717) is 5.56 Å². The van der Waals surface area contributed by atoms with Gasteiger partial charge in [-0.1, -0.05) is 18.1 Å². The normalized spacial score (nSPS) is 11.9. The molecule has 1 aromatic rings. The highest BCUT2D eigenvalue weighted by Crippen LogP contribution is 2.18. The maximum Gasteiger partial charge on any atom is 0.159 e. The summed E-state index contributed by atoms with van der Waals surface area (Å²) < 4.78 is 25.1. The lowest BCUT2D eigenvalue weighted by molar-refractivity contribution is 0.506. The number of halogens is 2. The van der Waals surface area contributed by atoms with E-state index in [1.54, 1.807) is 6.92 Å². The second-order valence-corrected chi connectivity index (χ2v) is 2.55. The predicted molar refractivity (Wildman–Crippen MR) is 43.9 cm³/mol. The van der Waals surface area contributed by atoms with E-state index in [4.69, 9.17) is 5.53 Å². The van der Waals surface area contributed by atoms with Crippen molar-refractivity contribution in [1.29, 1.82) is 0 Å². The molecule has 0 saturated carbocycles. The molecule has 0 aliphatic heterocycles. The minimum atomic E-state index is -0.933. The lowest BCUT2D eigenvalue weighted by Gasteiger charge is -2.04. The Labute approximate surface area is 73.6 Å². The van der Waals surface area contributed by atoms with Crippen LogP contribution in [0, 0.1) is 11.6 Å². The van der Waals surface area contributed by atoms with E-state index < -0.39 is 17.7 Å². The van der Waals surface area contributed by atoms with E-state index in [1.807, 2.05) is 0 Å². The molecular formula is C8H7F2N3. The van der Waals surface area contributed by atoms with Gasteiger partial charge in [0.1, 0.15) is 0 Å². The number of benzene rings is 1. The first-order valence-electron chi connectivity index (χ1n) is 3.64. The van der Waals surface area contributed by atoms with E-state index in [-0.39, 0.29) is 0 Å². The molecule has 68 valence electrons. The lowest BCUT2D eigenvalue weighted by Crippen LogP contribution is -1.91. The summed E-state index contributed by atoms with van der Waals surface area (Å²) in [7, 11) is 0. The number of rotatable bonds is 2. The first-order chi connectivity index (χ1) is 6.15. The first kappa shape index (κ1) is 9.48. The SMILES string of the molecule is C[C@H](N=[N+]=[N-])c1ccc(F)c(F)c1. The third-order valence-electron chi connectivity index (χ3n) is 1.65. The van der Waals surface area contributed by atoms with Gasteiger partial charge >= 0.3 is 0 Å². The Bertz CT molecular complexity index is 358. The van der Waals surface area contributed by atoms with Crippen LogP contribution in [0.25, 0.3) is 10.4 Å². The Morgan fingerprint density at radius 3 is 2.62 bits per heavy atom. The highest BCUT2D eigenvalue weighted by atomic mass is 19.2. The Morgan fingerprint density at radius 2 is 2.08 bits per heavy atom. The topological polar surface area (TPSA) is 48.8 Å². The molecule has 0 radical (unpaired) electrons. The molecule has 13 heavy (non-hydrogen) atoms. The summed E-state index contributed by atoms with van der Waals surface area (Å²) in [6.07, 6.45) is 0. The molecule has 1 atom stereocenters. The van der Waals surface area contributed by atoms with Crippen molar-refractivity contribution in [1.82, 2.24) is 0 Å². The Balaban J connectivity index is 3.03. The molecule has 0 aliphatic carbocycles. The van der Waals surface area contributed by atoms with Crippen molar-refractivity contribution >= 4 is 0 Å². The van der Waals surface area contributed by atoms with Crippen molar-refractivity contribution in [3.63, 3.8) is 0 Å². The molecular weight excluding hydrogens is 176 g/mol. The zero-order valence-electron chi connectivity index (χ0n) is 6.91. The molecule has 0 bridgehead atoms. The van der Waals surface area contributed by atoms with Crippen molar-refractivity contribution in [2.24, 2.45) is 5.11 Å². The monoisotopic (exact) mass is 183 g/mol. The molecule has 0 aromatic heterocycles. The molecule has 3 nitrogen and oxygen atoms in total. The fraction of sp³-hybridized carbons (Fsp3) is 0.250. The van der Waals surface area contributed by atoms with Crippen molar-refractivity contribution in [3.05, 3.63) is 45.8 Å². The molecule has 0 N–H and O–H groups in total. The predicted octanol–water partition coefficient (Wildman–Crippen LogP) is 3.34. The summed E-state index contributed by atoms with van der Waals surface area (Å²) >= 11 is 0. The minimum Gasteiger partial charge on any atom is -0.204 e. The van der Waals surface area contributed by atoms with E-state index in [1.165, 1.54) is 6.07 Å². The van der Waals surface area contributed by atoms with Gasteiger partial charge in [-0.05, 0) is 23.2 Å². The number of azide groups is 1. The van der Waals surface area contributed by atoms with Crippen LogP contribution in [0.3, 0.4) is 0 Å². The van der Waals surface area contributed by atoms with Crippen LogP contribution in [-0.2, 0) is 0 Å². The van der Waals surface area contributed by atoms with Gasteiger partial charge in [-0.3, -0.25) is 0 Å². The molecule has 5 heteroatoms. The summed E-state index contributed by atoms with van der Waals surface area (Å²) in [5.74, 6) is -1.84. The van der Waals surface area contributed by atoms with Crippen molar-refractivity contribution < 1.29 is 8.78 Å². The van der Waals surface area contributed by atoms with Crippen LogP contribution in [-0.4, -0.2) is 0 Å². The zero-order chi connectivity index (χ0) is 9.84. The van der Waals surface area contributed by atoms with Gasteiger partial charge in [0, 0.05) is 4.91 Å². The van der Waals surface area contributed by atoms with E-state index in [0.717, 1.165) is 12.1 Å². The smallest absolute Gasteiger partial charge is 0.159 e. The third kappa shape index (κ3) is 2.16. The molecule has 0 heterocycles. The van der Waals surface area contributed by atoms with Crippen molar-refractivity contribution in [3.8, 4) is 0 Å². The maximum absolute atomic E-state index is 12.7. The summed E-state index contributed by atoms with van der Waals surface area (Å²) in [5.41, 5.74) is 8.57. The van der Waals surface area contributed by atoms with Gasteiger partial charge in [-0.15, -0.1) is 0 Å². The highest BCUT2D eigenvalue weighted by Gasteiger charge is 2.06. The van der Waals surface area contributed by atoms with Crippen LogP contribution in [0.1, 0.15) is 18.5 Å². The fourth-order valence-electron chi connectivity index (χ4n) is 0.916. The first-order valence-corrected chi connectivity index (χ1v) is 3.64. The van der Waals surface area contributed by atoms with Gasteiger partial charge in [0.05, 0.1) is 6.04 Å². The highest BCUT2D eigenvalue weighted by molar-refractivity contribution is 5.20. The molecule has 1 rings (SSSR count). The van der Waals surface area contributed by atoms with Crippen molar-refractivity contribution in [2.45, 2.75) is 13.0 Å². The summed E-state index contributed by atoms with van der Waals surface area (Å²) in [6, 6.07) is 2.93. The van der Waals surface area contributed by atoms with Gasteiger partial charge in [0.15, 0.2) is 11.6 Å². The molecule has 1 aromatic carbocycles. The Kier molecular flexibility index (Phi) is 2.82. The molecule has 0 aliphatic rings. The molecule has 0 saturated heterocycles. The van der Waals surface area contributed by atoms with Crippen LogP contribution in [0.15, 0.2) is 23.3 Å². The Hall–Kier alpha value is -1.61. The van der Waals surface area contributed by atoms with Crippen LogP contribution >= 0.6 is 0 Å². The van der Waals surface area contributed by atoms with Crippen LogP contribution in [0.4, 0.5) is 8.78 Å². The summed E-state index contributed by atoms with van der Waals surface area (Å²) in [5, 5.41) is 3.36. The average molecular weight is 183 g/mol. The van der Waals surface area contributed by atoms with Crippen LogP contribution in [0.2, 0.25) is 0 Å². The molecule has 0 amide bonds. The summed E-state index contributed by atoms with van der Waals surface area (Å²) in [4.78, 5) is 2.57. The van der Waals surface area contributed by atoms with Gasteiger partial charge in [-0.25, -0.2) is 8.78 Å². The lowest BCUT2D eigenvalue weighted by atomic mass is 10.1. The summed E-state index contributed by atoms with van der Waals surface area (Å²) in [6.45, 7) is 1.60. The second-order valence-electron chi connectivity index (χ2n) is 2.55. The van der Waals surface area contributed by atoms with Crippen molar-refractivity contribution in [2.75, 3.05) is 0 Å². The quantitative estimate of drug-likeness (QED) is 0.383. The van der Waals surface area contributed by atoms with E-state index in [9.17, 15) is 8.78 Å². The van der Waals surface area contributed by atoms with Gasteiger partial charge < -0.3 is 0 Å². The third-order valence-corrected chi connectivity index (χ3v) is 1.65. The second kappa shape index (κ2) is 3.87. The van der Waals surface area contributed by atoms with Crippen LogP contribution < -0.4 is 0 Å². The number of hydrogen-bond donors (Lipinski definition) is 0. The minimum absolute atomic E-state index is 0.455. The Morgan fingerprint density at radius 1 is 1.38 bits per heavy atom. The van der Waals surface area contributed by atoms with Gasteiger partial charge in [0.25, 0.3) is 0 Å². The van der Waals surface area contributed by atoms with Crippen LogP contribution in [0.5, 0.6) is 0 Å². The molecule has 0 unspecified atom stereocenters. The van der Waals surface area contributed by atoms with E-state index in [2.05, 4.69) is 10.0 Å². The molecule has 0 spiro atoms. The van der Waals surface area contributed by atoms with Gasteiger partial charge in [-0.2, -0.15) is 0 Å². The zero-order valence-corrected chi connectivity index (χ0v) is 6.91. The average Bonchev–Trinajstić information content (AvgIpc) is 2.10. The largest absolute Gasteiger partial charge is 0.204 e. The number of nitrogens with zero attached hydrogens (tertiary/aromatic N) is 3.